The number of hydrogen-bond donors (Lipinski definition) is 1. The number of methoxy groups -OCH3 is 3. The molecule has 7 nitrogen and oxygen atoms in total. The summed E-state index contributed by atoms with van der Waals surface area (Å²) in [4.78, 5) is 11.9. The Morgan fingerprint density at radius 2 is 1.69 bits per heavy atom. The molecule has 138 valence electrons. The Hall–Kier alpha value is -2.74. The van der Waals surface area contributed by atoms with E-state index < -0.39 is 5.91 Å². The molecule has 0 aliphatic carbocycles. The summed E-state index contributed by atoms with van der Waals surface area (Å²) in [5, 5.41) is 3.92. The standard InChI is InChI=1S/C18H19BrN2O5/c1-23-14-6-4-5-7-15(14)26-11-18(22)21-20-10-12-8-13(19)17(25-3)9-16(12)24-2/h4-10H,11H2,1-3H3,(H,21,22). The number of amides is 1. The van der Waals surface area contributed by atoms with Crippen molar-refractivity contribution < 1.29 is 23.7 Å². The lowest BCUT2D eigenvalue weighted by Crippen LogP contribution is -2.24. The Balaban J connectivity index is 1.95. The van der Waals surface area contributed by atoms with Crippen LogP contribution in [0.2, 0.25) is 0 Å². The van der Waals surface area contributed by atoms with E-state index in [0.717, 1.165) is 4.47 Å². The molecule has 0 aliphatic heterocycles. The molecule has 1 N–H and O–H groups in total. The predicted molar refractivity (Wildman–Crippen MR) is 101 cm³/mol. The van der Waals surface area contributed by atoms with Gasteiger partial charge in [0.25, 0.3) is 5.91 Å². The zero-order valence-corrected chi connectivity index (χ0v) is 16.2. The lowest BCUT2D eigenvalue weighted by atomic mass is 10.2. The van der Waals surface area contributed by atoms with E-state index >= 15 is 0 Å². The molecule has 0 bridgehead atoms. The van der Waals surface area contributed by atoms with Crippen molar-refractivity contribution in [3.8, 4) is 23.0 Å². The molecule has 0 saturated carbocycles. The number of ether oxygens (including phenoxy) is 4. The summed E-state index contributed by atoms with van der Waals surface area (Å²) in [5.74, 6) is 1.83. The predicted octanol–water partition coefficient (Wildman–Crippen LogP) is 3.00. The molecule has 0 aromatic heterocycles. The molecular formula is C18H19BrN2O5. The van der Waals surface area contributed by atoms with Gasteiger partial charge < -0.3 is 18.9 Å². The van der Waals surface area contributed by atoms with Gasteiger partial charge in [0.2, 0.25) is 0 Å². The second kappa shape index (κ2) is 9.67. The SMILES string of the molecule is COc1cc(OC)c(C=NNC(=O)COc2ccccc2OC)cc1Br. The fourth-order valence-corrected chi connectivity index (χ4v) is 2.59. The van der Waals surface area contributed by atoms with Crippen LogP contribution in [0.3, 0.4) is 0 Å². The van der Waals surface area contributed by atoms with Crippen molar-refractivity contribution >= 4 is 28.1 Å². The van der Waals surface area contributed by atoms with Crippen molar-refractivity contribution in [2.45, 2.75) is 0 Å². The summed E-state index contributed by atoms with van der Waals surface area (Å²) < 4.78 is 21.8. The molecule has 26 heavy (non-hydrogen) atoms. The minimum absolute atomic E-state index is 0.193. The zero-order valence-electron chi connectivity index (χ0n) is 14.6. The van der Waals surface area contributed by atoms with E-state index in [1.54, 1.807) is 44.6 Å². The first-order valence-corrected chi connectivity index (χ1v) is 8.37. The number of carbonyl (C=O) groups excluding carboxylic acids is 1. The fraction of sp³-hybridized carbons (Fsp3) is 0.222. The number of nitrogens with one attached hydrogen (secondary N) is 1. The highest BCUT2D eigenvalue weighted by Crippen LogP contribution is 2.32. The molecule has 0 heterocycles. The number of rotatable bonds is 8. The quantitative estimate of drug-likeness (QED) is 0.522. The summed E-state index contributed by atoms with van der Waals surface area (Å²) >= 11 is 3.39. The van der Waals surface area contributed by atoms with Gasteiger partial charge in [0, 0.05) is 11.6 Å². The summed E-state index contributed by atoms with van der Waals surface area (Å²) in [6.45, 7) is -0.193. The van der Waals surface area contributed by atoms with Crippen molar-refractivity contribution in [1.82, 2.24) is 5.43 Å². The lowest BCUT2D eigenvalue weighted by molar-refractivity contribution is -0.123. The molecule has 8 heteroatoms. The Kier molecular flexibility index (Phi) is 7.28. The number of hydrogen-bond acceptors (Lipinski definition) is 6. The Labute approximate surface area is 160 Å². The van der Waals surface area contributed by atoms with Crippen LogP contribution in [0.5, 0.6) is 23.0 Å². The molecule has 1 amide bonds. The van der Waals surface area contributed by atoms with Gasteiger partial charge in [-0.1, -0.05) is 12.1 Å². The van der Waals surface area contributed by atoms with Crippen LogP contribution in [0.4, 0.5) is 0 Å². The summed E-state index contributed by atoms with van der Waals surface area (Å²) in [7, 11) is 4.64. The molecule has 2 rings (SSSR count). The molecular weight excluding hydrogens is 404 g/mol. The maximum atomic E-state index is 11.9. The minimum atomic E-state index is -0.404. The highest BCUT2D eigenvalue weighted by molar-refractivity contribution is 9.10. The highest BCUT2D eigenvalue weighted by Gasteiger charge is 2.09. The van der Waals surface area contributed by atoms with Crippen molar-refractivity contribution in [3.05, 3.63) is 46.4 Å². The van der Waals surface area contributed by atoms with Gasteiger partial charge in [-0.25, -0.2) is 5.43 Å². The van der Waals surface area contributed by atoms with Crippen LogP contribution < -0.4 is 24.4 Å². The Morgan fingerprint density at radius 3 is 2.35 bits per heavy atom. The smallest absolute Gasteiger partial charge is 0.277 e. The van der Waals surface area contributed by atoms with Crippen LogP contribution >= 0.6 is 15.9 Å². The van der Waals surface area contributed by atoms with E-state index in [0.29, 0.717) is 28.6 Å². The summed E-state index contributed by atoms with van der Waals surface area (Å²) in [6, 6.07) is 10.6. The molecule has 0 fully saturated rings. The van der Waals surface area contributed by atoms with Crippen LogP contribution in [0.15, 0.2) is 46.0 Å². The molecule has 0 atom stereocenters. The largest absolute Gasteiger partial charge is 0.496 e. The molecule has 0 unspecified atom stereocenters. The van der Waals surface area contributed by atoms with Crippen molar-refractivity contribution in [2.75, 3.05) is 27.9 Å². The van der Waals surface area contributed by atoms with E-state index in [9.17, 15) is 4.79 Å². The van der Waals surface area contributed by atoms with Gasteiger partial charge in [-0.05, 0) is 34.1 Å². The van der Waals surface area contributed by atoms with Crippen LogP contribution in [-0.4, -0.2) is 40.1 Å². The van der Waals surface area contributed by atoms with Gasteiger partial charge in [0.15, 0.2) is 18.1 Å². The van der Waals surface area contributed by atoms with Crippen LogP contribution in [0.25, 0.3) is 0 Å². The third-order valence-electron chi connectivity index (χ3n) is 3.32. The summed E-state index contributed by atoms with van der Waals surface area (Å²) in [5.41, 5.74) is 3.07. The number of benzene rings is 2. The molecule has 2 aromatic carbocycles. The maximum absolute atomic E-state index is 11.9. The van der Waals surface area contributed by atoms with Gasteiger partial charge in [-0.2, -0.15) is 5.10 Å². The molecule has 0 spiro atoms. The average Bonchev–Trinajstić information content (AvgIpc) is 2.66. The zero-order chi connectivity index (χ0) is 18.9. The molecule has 0 aliphatic rings. The number of para-hydroxylation sites is 2. The van der Waals surface area contributed by atoms with Gasteiger partial charge in [-0.3, -0.25) is 4.79 Å². The third kappa shape index (κ3) is 5.13. The van der Waals surface area contributed by atoms with E-state index in [1.807, 2.05) is 6.07 Å². The topological polar surface area (TPSA) is 78.4 Å². The minimum Gasteiger partial charge on any atom is -0.496 e. The van der Waals surface area contributed by atoms with E-state index in [1.165, 1.54) is 13.3 Å². The van der Waals surface area contributed by atoms with Crippen LogP contribution in [0, 0.1) is 0 Å². The Bertz CT molecular complexity index is 795. The first kappa shape index (κ1) is 19.6. The first-order chi connectivity index (χ1) is 12.6. The monoisotopic (exact) mass is 422 g/mol. The number of carbonyl (C=O) groups is 1. The van der Waals surface area contributed by atoms with E-state index in [4.69, 9.17) is 18.9 Å². The molecule has 0 radical (unpaired) electrons. The van der Waals surface area contributed by atoms with Crippen molar-refractivity contribution in [1.29, 1.82) is 0 Å². The van der Waals surface area contributed by atoms with Crippen LogP contribution in [-0.2, 0) is 4.79 Å². The molecule has 2 aromatic rings. The fourth-order valence-electron chi connectivity index (χ4n) is 2.07. The highest BCUT2D eigenvalue weighted by atomic mass is 79.9. The van der Waals surface area contributed by atoms with Gasteiger partial charge in [0.1, 0.15) is 11.5 Å². The molecule has 0 saturated heterocycles. The van der Waals surface area contributed by atoms with E-state index in [2.05, 4.69) is 26.5 Å². The van der Waals surface area contributed by atoms with Gasteiger partial charge >= 0.3 is 0 Å². The van der Waals surface area contributed by atoms with Crippen molar-refractivity contribution in [3.63, 3.8) is 0 Å². The van der Waals surface area contributed by atoms with Crippen LogP contribution in [0.1, 0.15) is 5.56 Å². The van der Waals surface area contributed by atoms with E-state index in [-0.39, 0.29) is 6.61 Å². The average molecular weight is 423 g/mol. The second-order valence-electron chi connectivity index (χ2n) is 4.96. The number of halogens is 1. The van der Waals surface area contributed by atoms with Gasteiger partial charge in [-0.15, -0.1) is 0 Å². The van der Waals surface area contributed by atoms with Crippen molar-refractivity contribution in [2.24, 2.45) is 5.10 Å². The summed E-state index contributed by atoms with van der Waals surface area (Å²) in [6.07, 6.45) is 1.48. The third-order valence-corrected chi connectivity index (χ3v) is 3.94. The van der Waals surface area contributed by atoms with Gasteiger partial charge in [0.05, 0.1) is 32.0 Å². The lowest BCUT2D eigenvalue weighted by Gasteiger charge is -2.10. The second-order valence-corrected chi connectivity index (χ2v) is 5.82. The number of nitrogens with zero attached hydrogens (tertiary/aromatic N) is 1. The first-order valence-electron chi connectivity index (χ1n) is 7.58. The number of hydrazone groups is 1. The normalized spacial score (nSPS) is 10.5. The Morgan fingerprint density at radius 1 is 1.04 bits per heavy atom. The maximum Gasteiger partial charge on any atom is 0.277 e.